The predicted molar refractivity (Wildman–Crippen MR) is 71.7 cm³/mol. The zero-order valence-corrected chi connectivity index (χ0v) is 11.6. The van der Waals surface area contributed by atoms with Crippen molar-refractivity contribution in [3.63, 3.8) is 0 Å². The van der Waals surface area contributed by atoms with Crippen LogP contribution in [0, 0.1) is 6.92 Å². The lowest BCUT2D eigenvalue weighted by atomic mass is 10.1. The highest BCUT2D eigenvalue weighted by Gasteiger charge is 2.14. The van der Waals surface area contributed by atoms with Crippen LogP contribution in [-0.4, -0.2) is 23.5 Å². The van der Waals surface area contributed by atoms with Gasteiger partial charge in [-0.1, -0.05) is 17.7 Å². The van der Waals surface area contributed by atoms with Crippen LogP contribution < -0.4 is 0 Å². The molecule has 2 unspecified atom stereocenters. The van der Waals surface area contributed by atoms with Gasteiger partial charge in [-0.15, -0.1) is 0 Å². The van der Waals surface area contributed by atoms with E-state index >= 15 is 0 Å². The minimum Gasteiger partial charge on any atom is -0.378 e. The maximum absolute atomic E-state index is 11.8. The average molecular weight is 268 g/mol. The van der Waals surface area contributed by atoms with E-state index in [9.17, 15) is 4.21 Å². The summed E-state index contributed by atoms with van der Waals surface area (Å²) in [5.41, 5.74) is 1.16. The maximum Gasteiger partial charge on any atom is 0.189 e. The van der Waals surface area contributed by atoms with Gasteiger partial charge >= 0.3 is 0 Å². The molecule has 18 heavy (non-hydrogen) atoms. The first-order chi connectivity index (χ1) is 8.75. The lowest BCUT2D eigenvalue weighted by Crippen LogP contribution is -2.20. The molecule has 0 saturated carbocycles. The van der Waals surface area contributed by atoms with Crippen LogP contribution in [-0.2, 0) is 20.0 Å². The van der Waals surface area contributed by atoms with Crippen LogP contribution in [0.15, 0.2) is 29.2 Å². The molecule has 1 aliphatic rings. The van der Waals surface area contributed by atoms with Gasteiger partial charge in [-0.2, -0.15) is 0 Å². The quantitative estimate of drug-likeness (QED) is 0.823. The van der Waals surface area contributed by atoms with Crippen molar-refractivity contribution in [1.82, 2.24) is 0 Å². The van der Waals surface area contributed by atoms with Gasteiger partial charge in [-0.25, -0.2) is 4.21 Å². The van der Waals surface area contributed by atoms with E-state index in [0.29, 0.717) is 6.61 Å². The van der Waals surface area contributed by atoms with Crippen LogP contribution in [0.5, 0.6) is 0 Å². The van der Waals surface area contributed by atoms with Crippen molar-refractivity contribution in [2.75, 3.05) is 13.2 Å². The highest BCUT2D eigenvalue weighted by atomic mass is 32.2. The molecule has 3 nitrogen and oxygen atoms in total. The minimum atomic E-state index is -1.35. The zero-order valence-electron chi connectivity index (χ0n) is 10.8. The van der Waals surface area contributed by atoms with Gasteiger partial charge in [0, 0.05) is 6.61 Å². The molecule has 0 bridgehead atoms. The Morgan fingerprint density at radius 1 is 1.33 bits per heavy atom. The first-order valence-corrected chi connectivity index (χ1v) is 7.56. The van der Waals surface area contributed by atoms with Gasteiger partial charge in [0.05, 0.1) is 17.6 Å². The fourth-order valence-corrected chi connectivity index (χ4v) is 2.75. The number of hydrogen-bond donors (Lipinski definition) is 0. The van der Waals surface area contributed by atoms with E-state index in [1.165, 1.54) is 6.42 Å². The van der Waals surface area contributed by atoms with Crippen LogP contribution in [0.2, 0.25) is 0 Å². The van der Waals surface area contributed by atoms with E-state index in [1.807, 2.05) is 31.2 Å². The molecule has 1 saturated heterocycles. The van der Waals surface area contributed by atoms with Gasteiger partial charge in [-0.3, -0.25) is 4.18 Å². The Kier molecular flexibility index (Phi) is 5.35. The smallest absolute Gasteiger partial charge is 0.189 e. The second kappa shape index (κ2) is 7.02. The Bertz CT molecular complexity index is 383. The van der Waals surface area contributed by atoms with Crippen LogP contribution in [0.4, 0.5) is 0 Å². The number of ether oxygens (including phenoxy) is 1. The van der Waals surface area contributed by atoms with Crippen molar-refractivity contribution in [2.45, 2.75) is 43.6 Å². The Morgan fingerprint density at radius 2 is 2.11 bits per heavy atom. The molecule has 100 valence electrons. The summed E-state index contributed by atoms with van der Waals surface area (Å²) in [6.45, 7) is 3.35. The fourth-order valence-electron chi connectivity index (χ4n) is 2.01. The molecule has 0 spiro atoms. The lowest BCUT2D eigenvalue weighted by molar-refractivity contribution is 0.00489. The number of hydrogen-bond acceptors (Lipinski definition) is 3. The summed E-state index contributed by atoms with van der Waals surface area (Å²) in [7, 11) is 0. The van der Waals surface area contributed by atoms with E-state index < -0.39 is 11.1 Å². The van der Waals surface area contributed by atoms with Crippen molar-refractivity contribution in [2.24, 2.45) is 0 Å². The summed E-state index contributed by atoms with van der Waals surface area (Å²) in [5, 5.41) is 0. The summed E-state index contributed by atoms with van der Waals surface area (Å²) in [6, 6.07) is 7.59. The van der Waals surface area contributed by atoms with Gasteiger partial charge in [0.25, 0.3) is 0 Å². The fraction of sp³-hybridized carbons (Fsp3) is 0.571. The average Bonchev–Trinajstić information content (AvgIpc) is 2.40. The number of aryl methyl sites for hydroxylation is 1. The van der Waals surface area contributed by atoms with Gasteiger partial charge in [-0.05, 0) is 44.7 Å². The molecule has 1 heterocycles. The topological polar surface area (TPSA) is 35.5 Å². The summed E-state index contributed by atoms with van der Waals surface area (Å²) in [4.78, 5) is 0.727. The molecule has 1 aromatic rings. The molecule has 2 atom stereocenters. The van der Waals surface area contributed by atoms with Gasteiger partial charge in [0.15, 0.2) is 11.1 Å². The Morgan fingerprint density at radius 3 is 2.78 bits per heavy atom. The van der Waals surface area contributed by atoms with Crippen molar-refractivity contribution in [1.29, 1.82) is 0 Å². The van der Waals surface area contributed by atoms with Crippen LogP contribution >= 0.6 is 0 Å². The second-order valence-electron chi connectivity index (χ2n) is 4.65. The monoisotopic (exact) mass is 268 g/mol. The maximum atomic E-state index is 11.8. The first-order valence-electron chi connectivity index (χ1n) is 6.49. The van der Waals surface area contributed by atoms with E-state index in [1.54, 1.807) is 0 Å². The minimum absolute atomic E-state index is 0.286. The van der Waals surface area contributed by atoms with Gasteiger partial charge in [0.2, 0.25) is 0 Å². The molecule has 0 aromatic heterocycles. The summed E-state index contributed by atoms with van der Waals surface area (Å²) >= 11 is -1.35. The molecular formula is C14H20O3S. The standard InChI is InChI=1S/C14H20O3S/c1-12-5-7-14(8-6-12)18(15)17-11-9-13-4-2-3-10-16-13/h5-8,13H,2-4,9-11H2,1H3. The van der Waals surface area contributed by atoms with Crippen LogP contribution in [0.3, 0.4) is 0 Å². The molecule has 2 rings (SSSR count). The van der Waals surface area contributed by atoms with Crippen molar-refractivity contribution < 1.29 is 13.1 Å². The van der Waals surface area contributed by atoms with E-state index in [2.05, 4.69) is 0 Å². The van der Waals surface area contributed by atoms with Crippen molar-refractivity contribution in [3.05, 3.63) is 29.8 Å². The Hall–Kier alpha value is -0.710. The van der Waals surface area contributed by atoms with E-state index in [0.717, 1.165) is 36.3 Å². The third kappa shape index (κ3) is 4.19. The first kappa shape index (κ1) is 13.7. The number of benzene rings is 1. The highest BCUT2D eigenvalue weighted by molar-refractivity contribution is 7.80. The third-order valence-electron chi connectivity index (χ3n) is 3.12. The second-order valence-corrected chi connectivity index (χ2v) is 5.82. The van der Waals surface area contributed by atoms with Gasteiger partial charge < -0.3 is 4.74 Å². The number of rotatable bonds is 5. The Labute approximate surface area is 111 Å². The predicted octanol–water partition coefficient (Wildman–Crippen LogP) is 2.99. The summed E-state index contributed by atoms with van der Waals surface area (Å²) < 4.78 is 22.8. The summed E-state index contributed by atoms with van der Waals surface area (Å²) in [5.74, 6) is 0. The van der Waals surface area contributed by atoms with Crippen molar-refractivity contribution >= 4 is 11.1 Å². The van der Waals surface area contributed by atoms with E-state index in [-0.39, 0.29) is 6.10 Å². The third-order valence-corrected chi connectivity index (χ3v) is 4.16. The van der Waals surface area contributed by atoms with Gasteiger partial charge in [0.1, 0.15) is 0 Å². The molecular weight excluding hydrogens is 248 g/mol. The molecule has 0 radical (unpaired) electrons. The highest BCUT2D eigenvalue weighted by Crippen LogP contribution is 2.16. The largest absolute Gasteiger partial charge is 0.378 e. The molecule has 0 amide bonds. The van der Waals surface area contributed by atoms with Crippen molar-refractivity contribution in [3.8, 4) is 0 Å². The summed E-state index contributed by atoms with van der Waals surface area (Å²) in [6.07, 6.45) is 4.60. The molecule has 1 aromatic carbocycles. The molecule has 0 N–H and O–H groups in total. The normalized spacial score (nSPS) is 21.7. The molecule has 1 fully saturated rings. The van der Waals surface area contributed by atoms with E-state index in [4.69, 9.17) is 8.92 Å². The molecule has 4 heteroatoms. The molecule has 1 aliphatic heterocycles. The molecule has 0 aliphatic carbocycles. The SMILES string of the molecule is Cc1ccc(S(=O)OCCC2CCCCO2)cc1. The van der Waals surface area contributed by atoms with Crippen LogP contribution in [0.25, 0.3) is 0 Å². The Balaban J connectivity index is 1.72. The zero-order chi connectivity index (χ0) is 12.8. The lowest BCUT2D eigenvalue weighted by Gasteiger charge is -2.22. The van der Waals surface area contributed by atoms with Crippen LogP contribution in [0.1, 0.15) is 31.2 Å².